The van der Waals surface area contributed by atoms with Crippen LogP contribution < -0.4 is 10.5 Å². The molecule has 0 radical (unpaired) electrons. The predicted molar refractivity (Wildman–Crippen MR) is 70.1 cm³/mol. The van der Waals surface area contributed by atoms with E-state index in [1.807, 2.05) is 0 Å². The van der Waals surface area contributed by atoms with E-state index in [4.69, 9.17) is 15.2 Å². The number of ether oxygens (including phenoxy) is 2. The molecule has 6 nitrogen and oxygen atoms in total. The van der Waals surface area contributed by atoms with Crippen LogP contribution in [0.15, 0.2) is 30.6 Å². The molecule has 0 saturated heterocycles. The zero-order valence-corrected chi connectivity index (χ0v) is 10.8. The number of hydrogen-bond acceptors (Lipinski definition) is 5. The Balaban J connectivity index is 2.23. The molecule has 0 aliphatic rings. The largest absolute Gasteiger partial charge is 0.462 e. The molecule has 0 spiro atoms. The minimum Gasteiger partial charge on any atom is -0.462 e. The van der Waals surface area contributed by atoms with Crippen molar-refractivity contribution in [2.24, 2.45) is 7.05 Å². The van der Waals surface area contributed by atoms with Gasteiger partial charge in [0.2, 0.25) is 0 Å². The van der Waals surface area contributed by atoms with Crippen LogP contribution in [0.5, 0.6) is 11.5 Å². The lowest BCUT2D eigenvalue weighted by molar-refractivity contribution is 0.0527. The Morgan fingerprint density at radius 2 is 2.21 bits per heavy atom. The highest BCUT2D eigenvalue weighted by Crippen LogP contribution is 2.25. The highest BCUT2D eigenvalue weighted by Gasteiger charge is 2.12. The molecule has 1 aromatic carbocycles. The third kappa shape index (κ3) is 3.04. The molecule has 2 rings (SSSR count). The van der Waals surface area contributed by atoms with Crippen molar-refractivity contribution in [1.82, 2.24) is 9.78 Å². The third-order valence-electron chi connectivity index (χ3n) is 2.44. The Hall–Kier alpha value is -2.50. The van der Waals surface area contributed by atoms with Crippen molar-refractivity contribution in [2.45, 2.75) is 6.92 Å². The van der Waals surface area contributed by atoms with Crippen molar-refractivity contribution in [3.63, 3.8) is 0 Å². The van der Waals surface area contributed by atoms with Gasteiger partial charge >= 0.3 is 5.97 Å². The van der Waals surface area contributed by atoms with E-state index in [9.17, 15) is 4.79 Å². The Morgan fingerprint density at radius 3 is 2.84 bits per heavy atom. The van der Waals surface area contributed by atoms with Crippen LogP contribution in [0.4, 0.5) is 5.69 Å². The summed E-state index contributed by atoms with van der Waals surface area (Å²) in [6.45, 7) is 2.04. The lowest BCUT2D eigenvalue weighted by Crippen LogP contribution is -2.08. The molecule has 0 saturated carbocycles. The molecule has 0 unspecified atom stereocenters. The third-order valence-corrected chi connectivity index (χ3v) is 2.44. The van der Waals surface area contributed by atoms with Crippen molar-refractivity contribution in [1.29, 1.82) is 0 Å². The van der Waals surface area contributed by atoms with Gasteiger partial charge in [-0.05, 0) is 25.1 Å². The number of benzene rings is 1. The summed E-state index contributed by atoms with van der Waals surface area (Å²) >= 11 is 0. The average molecular weight is 261 g/mol. The smallest absolute Gasteiger partial charge is 0.340 e. The van der Waals surface area contributed by atoms with Crippen molar-refractivity contribution < 1.29 is 14.3 Å². The maximum atomic E-state index is 11.7. The fraction of sp³-hybridized carbons (Fsp3) is 0.231. The first-order chi connectivity index (χ1) is 9.10. The summed E-state index contributed by atoms with van der Waals surface area (Å²) in [5, 5.41) is 3.99. The van der Waals surface area contributed by atoms with E-state index >= 15 is 0 Å². The van der Waals surface area contributed by atoms with Crippen LogP contribution in [0.25, 0.3) is 0 Å². The molecule has 1 heterocycles. The minimum absolute atomic E-state index is 0.295. The van der Waals surface area contributed by atoms with Crippen LogP contribution in [0.1, 0.15) is 17.3 Å². The Kier molecular flexibility index (Phi) is 3.70. The lowest BCUT2D eigenvalue weighted by Gasteiger charge is -2.08. The van der Waals surface area contributed by atoms with Crippen molar-refractivity contribution in [3.05, 3.63) is 36.2 Å². The van der Waals surface area contributed by atoms with Crippen LogP contribution >= 0.6 is 0 Å². The number of rotatable bonds is 4. The molecule has 100 valence electrons. The number of nitrogens with two attached hydrogens (primary N) is 1. The van der Waals surface area contributed by atoms with Gasteiger partial charge in [-0.25, -0.2) is 4.79 Å². The van der Waals surface area contributed by atoms with E-state index in [0.29, 0.717) is 29.4 Å². The summed E-state index contributed by atoms with van der Waals surface area (Å²) in [5.41, 5.74) is 6.40. The summed E-state index contributed by atoms with van der Waals surface area (Å²) in [6.07, 6.45) is 3.31. The number of hydrogen-bond donors (Lipinski definition) is 1. The van der Waals surface area contributed by atoms with Crippen LogP contribution in [-0.4, -0.2) is 22.4 Å². The summed E-state index contributed by atoms with van der Waals surface area (Å²) in [7, 11) is 1.79. The van der Waals surface area contributed by atoms with Crippen LogP contribution in [0.3, 0.4) is 0 Å². The monoisotopic (exact) mass is 261 g/mol. The predicted octanol–water partition coefficient (Wildman–Crippen LogP) is 1.97. The van der Waals surface area contributed by atoms with Gasteiger partial charge in [-0.1, -0.05) is 0 Å². The number of aryl methyl sites for hydroxylation is 1. The molecule has 6 heteroatoms. The molecule has 0 amide bonds. The fourth-order valence-electron chi connectivity index (χ4n) is 1.57. The van der Waals surface area contributed by atoms with E-state index in [2.05, 4.69) is 5.10 Å². The summed E-state index contributed by atoms with van der Waals surface area (Å²) in [5.74, 6) is 0.629. The summed E-state index contributed by atoms with van der Waals surface area (Å²) < 4.78 is 12.1. The van der Waals surface area contributed by atoms with Crippen LogP contribution in [0, 0.1) is 0 Å². The normalized spacial score (nSPS) is 10.2. The molecular weight excluding hydrogens is 246 g/mol. The van der Waals surface area contributed by atoms with Gasteiger partial charge in [0.25, 0.3) is 0 Å². The van der Waals surface area contributed by atoms with Gasteiger partial charge in [0.15, 0.2) is 5.75 Å². The van der Waals surface area contributed by atoms with Gasteiger partial charge in [0.1, 0.15) is 5.75 Å². The van der Waals surface area contributed by atoms with Gasteiger partial charge in [-0.2, -0.15) is 5.10 Å². The van der Waals surface area contributed by atoms with Gasteiger partial charge < -0.3 is 15.2 Å². The number of carbonyl (C=O) groups is 1. The number of nitrogens with zero attached hydrogens (tertiary/aromatic N) is 2. The first-order valence-corrected chi connectivity index (χ1v) is 5.83. The second kappa shape index (κ2) is 5.43. The fourth-order valence-corrected chi connectivity index (χ4v) is 1.57. The zero-order valence-electron chi connectivity index (χ0n) is 10.8. The second-order valence-corrected chi connectivity index (χ2v) is 3.92. The molecule has 1 aromatic heterocycles. The standard InChI is InChI=1S/C13H15N3O3/c1-3-18-13(17)11-6-9(4-5-12(11)14)19-10-7-15-16(2)8-10/h4-8H,3,14H2,1-2H3. The van der Waals surface area contributed by atoms with Gasteiger partial charge in [-0.15, -0.1) is 0 Å². The highest BCUT2D eigenvalue weighted by atomic mass is 16.5. The zero-order chi connectivity index (χ0) is 13.8. The van der Waals surface area contributed by atoms with Crippen LogP contribution in [0.2, 0.25) is 0 Å². The number of carbonyl (C=O) groups excluding carboxylic acids is 1. The maximum absolute atomic E-state index is 11.7. The molecular formula is C13H15N3O3. The van der Waals surface area contributed by atoms with Crippen molar-refractivity contribution in [3.8, 4) is 11.5 Å². The molecule has 2 N–H and O–H groups in total. The summed E-state index contributed by atoms with van der Waals surface area (Å²) in [4.78, 5) is 11.7. The van der Waals surface area contributed by atoms with E-state index in [-0.39, 0.29) is 0 Å². The van der Waals surface area contributed by atoms with Gasteiger partial charge in [-0.3, -0.25) is 4.68 Å². The van der Waals surface area contributed by atoms with Crippen molar-refractivity contribution >= 4 is 11.7 Å². The summed E-state index contributed by atoms with van der Waals surface area (Å²) in [6, 6.07) is 4.85. The SMILES string of the molecule is CCOC(=O)c1cc(Oc2cnn(C)c2)ccc1N. The number of esters is 1. The quantitative estimate of drug-likeness (QED) is 0.672. The molecule has 0 fully saturated rings. The minimum atomic E-state index is -0.461. The van der Waals surface area contributed by atoms with E-state index in [1.165, 1.54) is 0 Å². The topological polar surface area (TPSA) is 79.4 Å². The molecule has 2 aromatic rings. The Labute approximate surface area is 110 Å². The number of aromatic nitrogens is 2. The van der Waals surface area contributed by atoms with Crippen molar-refractivity contribution in [2.75, 3.05) is 12.3 Å². The lowest BCUT2D eigenvalue weighted by atomic mass is 10.2. The molecule has 0 atom stereocenters. The number of nitrogen functional groups attached to an aromatic ring is 1. The maximum Gasteiger partial charge on any atom is 0.340 e. The molecule has 0 aliphatic heterocycles. The van der Waals surface area contributed by atoms with E-state index in [1.54, 1.807) is 49.2 Å². The van der Waals surface area contributed by atoms with E-state index in [0.717, 1.165) is 0 Å². The van der Waals surface area contributed by atoms with E-state index < -0.39 is 5.97 Å². The van der Waals surface area contributed by atoms with Gasteiger partial charge in [0, 0.05) is 12.7 Å². The first kappa shape index (κ1) is 12.9. The Morgan fingerprint density at radius 1 is 1.42 bits per heavy atom. The highest BCUT2D eigenvalue weighted by molar-refractivity contribution is 5.95. The number of anilines is 1. The molecule has 0 aliphatic carbocycles. The first-order valence-electron chi connectivity index (χ1n) is 5.83. The molecule has 19 heavy (non-hydrogen) atoms. The Bertz CT molecular complexity index is 593. The van der Waals surface area contributed by atoms with Crippen LogP contribution in [-0.2, 0) is 11.8 Å². The molecule has 0 bridgehead atoms. The van der Waals surface area contributed by atoms with Gasteiger partial charge in [0.05, 0.1) is 24.6 Å². The average Bonchev–Trinajstić information content (AvgIpc) is 2.77. The second-order valence-electron chi connectivity index (χ2n) is 3.92.